The van der Waals surface area contributed by atoms with Gasteiger partial charge >= 0.3 is 0 Å². The zero-order chi connectivity index (χ0) is 20.2. The second kappa shape index (κ2) is 8.54. The summed E-state index contributed by atoms with van der Waals surface area (Å²) >= 11 is 3.18. The number of rotatable bonds is 6. The Labute approximate surface area is 176 Å². The minimum Gasteiger partial charge on any atom is -0.365 e. The number of nitrogens with zero attached hydrogens (tertiary/aromatic N) is 5. The summed E-state index contributed by atoms with van der Waals surface area (Å²) in [6, 6.07) is 11.3. The zero-order valence-corrected chi connectivity index (χ0v) is 17.5. The molecule has 7 nitrogen and oxygen atoms in total. The Morgan fingerprint density at radius 2 is 1.90 bits per heavy atom. The highest BCUT2D eigenvalue weighted by atomic mass is 32.2. The molecule has 0 radical (unpaired) electrons. The van der Waals surface area contributed by atoms with E-state index in [4.69, 9.17) is 0 Å². The van der Waals surface area contributed by atoms with E-state index in [-0.39, 0.29) is 5.91 Å². The van der Waals surface area contributed by atoms with Gasteiger partial charge in [-0.05, 0) is 36.1 Å². The molecule has 0 saturated carbocycles. The highest BCUT2D eigenvalue weighted by molar-refractivity contribution is 8.00. The third kappa shape index (κ3) is 4.20. The van der Waals surface area contributed by atoms with Crippen LogP contribution in [0.2, 0.25) is 0 Å². The maximum Gasteiger partial charge on any atom is 0.258 e. The number of amides is 1. The Kier molecular flexibility index (Phi) is 5.68. The molecular weight excluding hydrogens is 404 g/mol. The molecule has 0 bridgehead atoms. The first kappa shape index (κ1) is 19.3. The first-order valence-electron chi connectivity index (χ1n) is 8.82. The van der Waals surface area contributed by atoms with Crippen LogP contribution < -0.4 is 10.2 Å². The second-order valence-corrected chi connectivity index (χ2v) is 8.23. The van der Waals surface area contributed by atoms with E-state index in [1.54, 1.807) is 59.6 Å². The molecular formula is C20H18N6OS2. The van der Waals surface area contributed by atoms with E-state index in [2.05, 4.69) is 25.3 Å². The number of benzene rings is 1. The van der Waals surface area contributed by atoms with Gasteiger partial charge < -0.3 is 10.2 Å². The summed E-state index contributed by atoms with van der Waals surface area (Å²) in [5, 5.41) is 3.36. The van der Waals surface area contributed by atoms with Gasteiger partial charge in [0.05, 0.1) is 0 Å². The molecule has 0 unspecified atom stereocenters. The number of carbonyl (C=O) groups is 1. The summed E-state index contributed by atoms with van der Waals surface area (Å²) in [7, 11) is 1.76. The van der Waals surface area contributed by atoms with Crippen LogP contribution in [0.4, 0.5) is 11.5 Å². The van der Waals surface area contributed by atoms with Crippen molar-refractivity contribution in [3.63, 3.8) is 0 Å². The molecule has 29 heavy (non-hydrogen) atoms. The van der Waals surface area contributed by atoms with Gasteiger partial charge in [-0.1, -0.05) is 23.9 Å². The maximum absolute atomic E-state index is 12.6. The van der Waals surface area contributed by atoms with Gasteiger partial charge in [0.2, 0.25) is 0 Å². The number of anilines is 2. The molecule has 0 fully saturated rings. The molecule has 1 N–H and O–H groups in total. The van der Waals surface area contributed by atoms with Gasteiger partial charge in [-0.25, -0.2) is 15.0 Å². The number of thioether (sulfide) groups is 1. The van der Waals surface area contributed by atoms with Gasteiger partial charge in [0.1, 0.15) is 16.8 Å². The molecule has 3 heterocycles. The molecule has 4 rings (SSSR count). The Bertz CT molecular complexity index is 1130. The van der Waals surface area contributed by atoms with E-state index in [0.29, 0.717) is 17.8 Å². The average molecular weight is 423 g/mol. The van der Waals surface area contributed by atoms with Crippen LogP contribution in [0.3, 0.4) is 0 Å². The fourth-order valence-corrected chi connectivity index (χ4v) is 4.26. The fourth-order valence-electron chi connectivity index (χ4n) is 2.78. The first-order valence-corrected chi connectivity index (χ1v) is 10.9. The predicted octanol–water partition coefficient (Wildman–Crippen LogP) is 4.09. The monoisotopic (exact) mass is 422 g/mol. The molecule has 1 amide bonds. The molecule has 0 saturated heterocycles. The smallest absolute Gasteiger partial charge is 0.258 e. The molecule has 4 aromatic rings. The van der Waals surface area contributed by atoms with E-state index in [1.807, 2.05) is 30.5 Å². The van der Waals surface area contributed by atoms with Gasteiger partial charge in [-0.15, -0.1) is 11.3 Å². The number of hydrogen-bond donors (Lipinski definition) is 1. The minimum atomic E-state index is -0.0727. The van der Waals surface area contributed by atoms with Crippen molar-refractivity contribution >= 4 is 50.9 Å². The lowest BCUT2D eigenvalue weighted by Gasteiger charge is -2.18. The van der Waals surface area contributed by atoms with Gasteiger partial charge in [-0.3, -0.25) is 9.78 Å². The van der Waals surface area contributed by atoms with Gasteiger partial charge in [0, 0.05) is 37.2 Å². The van der Waals surface area contributed by atoms with Crippen molar-refractivity contribution in [1.29, 1.82) is 0 Å². The molecule has 0 aliphatic carbocycles. The fraction of sp³-hybridized carbons (Fsp3) is 0.150. The Hall–Kier alpha value is -3.04. The third-order valence-corrected chi connectivity index (χ3v) is 6.40. The van der Waals surface area contributed by atoms with E-state index in [1.165, 1.54) is 6.33 Å². The van der Waals surface area contributed by atoms with Crippen molar-refractivity contribution < 1.29 is 4.79 Å². The van der Waals surface area contributed by atoms with Crippen LogP contribution >= 0.6 is 23.1 Å². The zero-order valence-electron chi connectivity index (χ0n) is 15.9. The van der Waals surface area contributed by atoms with Crippen molar-refractivity contribution in [2.45, 2.75) is 10.9 Å². The normalized spacial score (nSPS) is 10.8. The highest BCUT2D eigenvalue weighted by Crippen LogP contribution is 2.31. The summed E-state index contributed by atoms with van der Waals surface area (Å²) < 4.78 is 1.92. The van der Waals surface area contributed by atoms with E-state index in [0.717, 1.165) is 26.1 Å². The second-order valence-electron chi connectivity index (χ2n) is 6.18. The summed E-state index contributed by atoms with van der Waals surface area (Å²) in [5.74, 6) is 0.707. The Morgan fingerprint density at radius 1 is 1.14 bits per heavy atom. The highest BCUT2D eigenvalue weighted by Gasteiger charge is 2.13. The van der Waals surface area contributed by atoms with E-state index < -0.39 is 0 Å². The number of hydrogen-bond acceptors (Lipinski definition) is 8. The summed E-state index contributed by atoms with van der Waals surface area (Å²) in [5.41, 5.74) is 3.23. The summed E-state index contributed by atoms with van der Waals surface area (Å²) in [4.78, 5) is 31.2. The Balaban J connectivity index is 1.45. The van der Waals surface area contributed by atoms with Crippen LogP contribution in [0.1, 0.15) is 15.9 Å². The largest absolute Gasteiger partial charge is 0.365 e. The first-order chi connectivity index (χ1) is 14.2. The van der Waals surface area contributed by atoms with Gasteiger partial charge in [0.15, 0.2) is 9.99 Å². The van der Waals surface area contributed by atoms with Gasteiger partial charge in [0.25, 0.3) is 5.91 Å². The molecule has 146 valence electrons. The number of carbonyl (C=O) groups excluding carboxylic acids is 1. The van der Waals surface area contributed by atoms with Crippen molar-refractivity contribution in [2.75, 3.05) is 23.5 Å². The number of nitrogens with one attached hydrogen (secondary N) is 1. The molecule has 0 atom stereocenters. The van der Waals surface area contributed by atoms with Crippen LogP contribution in [-0.4, -0.2) is 39.1 Å². The summed E-state index contributed by atoms with van der Waals surface area (Å²) in [6.45, 7) is 0.612. The van der Waals surface area contributed by atoms with Crippen molar-refractivity contribution in [1.82, 2.24) is 19.9 Å². The third-order valence-electron chi connectivity index (χ3n) is 4.36. The summed E-state index contributed by atoms with van der Waals surface area (Å²) in [6.07, 6.45) is 6.75. The number of thiazole rings is 1. The SMILES string of the molecule is CSc1nc2ncnc(NCc3ccc(N(C)C(=O)c4ccncc4)cc3)c2s1. The standard InChI is InChI=1S/C20H18N6OS2/c1-26(19(27)14-7-9-21-10-8-14)15-5-3-13(4-6-15)11-22-17-16-18(24-12-23-17)25-20(28-2)29-16/h3-10,12H,11H2,1-2H3,(H,22,23,24). The van der Waals surface area contributed by atoms with E-state index >= 15 is 0 Å². The quantitative estimate of drug-likeness (QED) is 0.469. The van der Waals surface area contributed by atoms with Crippen LogP contribution in [0.5, 0.6) is 0 Å². The minimum absolute atomic E-state index is 0.0727. The lowest BCUT2D eigenvalue weighted by molar-refractivity contribution is 0.0993. The average Bonchev–Trinajstić information content (AvgIpc) is 3.22. The molecule has 0 aliphatic heterocycles. The van der Waals surface area contributed by atoms with Crippen molar-refractivity contribution in [3.8, 4) is 0 Å². The molecule has 3 aromatic heterocycles. The molecule has 1 aromatic carbocycles. The van der Waals surface area contributed by atoms with Crippen LogP contribution in [0.25, 0.3) is 10.3 Å². The predicted molar refractivity (Wildman–Crippen MR) is 118 cm³/mol. The molecule has 0 aliphatic rings. The number of pyridine rings is 1. The van der Waals surface area contributed by atoms with Crippen LogP contribution in [0.15, 0.2) is 59.5 Å². The van der Waals surface area contributed by atoms with E-state index in [9.17, 15) is 4.79 Å². The van der Waals surface area contributed by atoms with Gasteiger partial charge in [-0.2, -0.15) is 0 Å². The van der Waals surface area contributed by atoms with Crippen molar-refractivity contribution in [3.05, 3.63) is 66.2 Å². The van der Waals surface area contributed by atoms with Crippen molar-refractivity contribution in [2.24, 2.45) is 0 Å². The Morgan fingerprint density at radius 3 is 2.62 bits per heavy atom. The topological polar surface area (TPSA) is 83.9 Å². The number of fused-ring (bicyclic) bond motifs is 1. The lowest BCUT2D eigenvalue weighted by atomic mass is 10.1. The number of aromatic nitrogens is 4. The lowest BCUT2D eigenvalue weighted by Crippen LogP contribution is -2.26. The molecule has 9 heteroatoms. The maximum atomic E-state index is 12.6. The molecule has 0 spiro atoms. The van der Waals surface area contributed by atoms with Crippen LogP contribution in [0, 0.1) is 0 Å². The van der Waals surface area contributed by atoms with Crippen LogP contribution in [-0.2, 0) is 6.54 Å².